The molecule has 1 saturated heterocycles. The summed E-state index contributed by atoms with van der Waals surface area (Å²) in [5.41, 5.74) is 1.41. The first-order valence-corrected chi connectivity index (χ1v) is 9.98. The van der Waals surface area contributed by atoms with Gasteiger partial charge in [0.2, 0.25) is 0 Å². The molecule has 1 amide bonds. The number of carbonyl (C=O) groups is 1. The predicted molar refractivity (Wildman–Crippen MR) is 107 cm³/mol. The molecule has 4 rings (SSSR count). The van der Waals surface area contributed by atoms with Crippen molar-refractivity contribution in [2.24, 2.45) is 11.8 Å². The zero-order valence-corrected chi connectivity index (χ0v) is 17.1. The number of rotatable bonds is 6. The lowest BCUT2D eigenvalue weighted by Gasteiger charge is -2.36. The fourth-order valence-corrected chi connectivity index (χ4v) is 4.65. The van der Waals surface area contributed by atoms with E-state index in [0.29, 0.717) is 24.0 Å². The Kier molecular flexibility index (Phi) is 5.77. The molecule has 2 aromatic heterocycles. The topological polar surface area (TPSA) is 94.4 Å². The molecule has 4 atom stereocenters. The van der Waals surface area contributed by atoms with Crippen molar-refractivity contribution in [1.82, 2.24) is 25.3 Å². The molecule has 29 heavy (non-hydrogen) atoms. The molecule has 2 aliphatic rings. The molecule has 2 fully saturated rings. The molecule has 1 N–H and O–H groups in total. The van der Waals surface area contributed by atoms with Crippen LogP contribution in [0, 0.1) is 11.8 Å². The van der Waals surface area contributed by atoms with Gasteiger partial charge in [0.1, 0.15) is 11.5 Å². The summed E-state index contributed by atoms with van der Waals surface area (Å²) >= 11 is 0. The maximum absolute atomic E-state index is 11.7. The number of hydrogen-bond donors (Lipinski definition) is 1. The van der Waals surface area contributed by atoms with Gasteiger partial charge in [-0.05, 0) is 36.8 Å². The number of methoxy groups -OCH3 is 2. The van der Waals surface area contributed by atoms with Gasteiger partial charge >= 0.3 is 0 Å². The predicted octanol–water partition coefficient (Wildman–Crippen LogP) is 1.28. The second kappa shape index (κ2) is 8.46. The first-order chi connectivity index (χ1) is 14.1. The molecule has 0 unspecified atom stereocenters. The van der Waals surface area contributed by atoms with E-state index in [2.05, 4.69) is 25.5 Å². The van der Waals surface area contributed by atoms with Gasteiger partial charge in [-0.15, -0.1) is 5.10 Å². The van der Waals surface area contributed by atoms with Gasteiger partial charge in [0.05, 0.1) is 30.5 Å². The largest absolute Gasteiger partial charge is 0.379 e. The Morgan fingerprint density at radius 3 is 2.69 bits per heavy atom. The van der Waals surface area contributed by atoms with E-state index in [1.165, 1.54) is 0 Å². The highest BCUT2D eigenvalue weighted by Gasteiger charge is 2.43. The van der Waals surface area contributed by atoms with Gasteiger partial charge in [0.15, 0.2) is 0 Å². The van der Waals surface area contributed by atoms with Crippen molar-refractivity contribution in [1.29, 1.82) is 0 Å². The minimum atomic E-state index is -0.120. The van der Waals surface area contributed by atoms with Crippen molar-refractivity contribution in [3.8, 4) is 0 Å². The zero-order chi connectivity index (χ0) is 20.4. The summed E-state index contributed by atoms with van der Waals surface area (Å²) in [6.45, 7) is 2.36. The lowest BCUT2D eigenvalue weighted by molar-refractivity contribution is -0.00544. The van der Waals surface area contributed by atoms with Gasteiger partial charge in [-0.2, -0.15) is 0 Å². The van der Waals surface area contributed by atoms with Crippen LogP contribution in [-0.2, 0) is 16.1 Å². The standard InChI is InChI=1S/C20H28N6O3/c1-21-20(27)13-4-5-19(22-8-13)25-9-14-6-17(18(29-3)7-15(14)10-25)26-11-16(12-28-2)23-24-26/h4-5,8,11,14-15,17-18H,6-7,9-10,12H2,1-3H3,(H,21,27)/t14-,15+,17-,18-/m1/s1. The fourth-order valence-electron chi connectivity index (χ4n) is 4.65. The Morgan fingerprint density at radius 1 is 1.24 bits per heavy atom. The van der Waals surface area contributed by atoms with Gasteiger partial charge in [0.25, 0.3) is 5.91 Å². The summed E-state index contributed by atoms with van der Waals surface area (Å²) in [6, 6.07) is 3.93. The highest BCUT2D eigenvalue weighted by atomic mass is 16.5. The summed E-state index contributed by atoms with van der Waals surface area (Å²) in [5, 5.41) is 11.2. The Labute approximate surface area is 170 Å². The highest BCUT2D eigenvalue weighted by Crippen LogP contribution is 2.43. The number of pyridine rings is 1. The molecular formula is C20H28N6O3. The lowest BCUT2D eigenvalue weighted by atomic mass is 9.77. The van der Waals surface area contributed by atoms with Gasteiger partial charge in [-0.25, -0.2) is 9.67 Å². The van der Waals surface area contributed by atoms with Crippen LogP contribution in [0.25, 0.3) is 0 Å². The second-order valence-corrected chi connectivity index (χ2v) is 7.85. The molecule has 2 aromatic rings. The summed E-state index contributed by atoms with van der Waals surface area (Å²) in [5.74, 6) is 1.90. The quantitative estimate of drug-likeness (QED) is 0.781. The maximum atomic E-state index is 11.7. The van der Waals surface area contributed by atoms with Gasteiger partial charge in [-0.3, -0.25) is 4.79 Å². The van der Waals surface area contributed by atoms with Crippen LogP contribution in [0.15, 0.2) is 24.5 Å². The van der Waals surface area contributed by atoms with Crippen LogP contribution in [0.5, 0.6) is 0 Å². The smallest absolute Gasteiger partial charge is 0.252 e. The Balaban J connectivity index is 1.46. The first kappa shape index (κ1) is 19.8. The van der Waals surface area contributed by atoms with Crippen LogP contribution in [0.3, 0.4) is 0 Å². The van der Waals surface area contributed by atoms with Crippen LogP contribution >= 0.6 is 0 Å². The van der Waals surface area contributed by atoms with E-state index in [1.807, 2.05) is 23.0 Å². The van der Waals surface area contributed by atoms with Crippen LogP contribution in [0.1, 0.15) is 34.9 Å². The van der Waals surface area contributed by atoms with Crippen LogP contribution < -0.4 is 10.2 Å². The molecule has 0 spiro atoms. The SMILES string of the molecule is CNC(=O)c1ccc(N2C[C@H]3C[C@@H](n4cc(COC)nn4)[C@H](OC)C[C@H]3C2)nc1. The molecule has 0 aromatic carbocycles. The average molecular weight is 400 g/mol. The van der Waals surface area contributed by atoms with Crippen molar-refractivity contribution in [2.75, 3.05) is 39.3 Å². The number of aromatic nitrogens is 4. The third-order valence-corrected chi connectivity index (χ3v) is 6.14. The van der Waals surface area contributed by atoms with E-state index in [-0.39, 0.29) is 18.1 Å². The summed E-state index contributed by atoms with van der Waals surface area (Å²) in [6.07, 6.45) is 5.69. The number of nitrogens with one attached hydrogen (secondary N) is 1. The molecular weight excluding hydrogens is 372 g/mol. The minimum Gasteiger partial charge on any atom is -0.379 e. The van der Waals surface area contributed by atoms with Crippen molar-refractivity contribution in [3.63, 3.8) is 0 Å². The van der Waals surface area contributed by atoms with Gasteiger partial charge < -0.3 is 19.7 Å². The molecule has 0 bridgehead atoms. The number of hydrogen-bond acceptors (Lipinski definition) is 7. The number of anilines is 1. The Morgan fingerprint density at radius 2 is 2.03 bits per heavy atom. The van der Waals surface area contributed by atoms with Gasteiger partial charge in [-0.1, -0.05) is 5.21 Å². The Hall–Kier alpha value is -2.52. The molecule has 3 heterocycles. The maximum Gasteiger partial charge on any atom is 0.252 e. The molecule has 1 aliphatic carbocycles. The van der Waals surface area contributed by atoms with Crippen molar-refractivity contribution in [2.45, 2.75) is 31.6 Å². The van der Waals surface area contributed by atoms with Crippen LogP contribution in [0.4, 0.5) is 5.82 Å². The molecule has 1 aliphatic heterocycles. The molecule has 9 heteroatoms. The van der Waals surface area contributed by atoms with E-state index >= 15 is 0 Å². The highest BCUT2D eigenvalue weighted by molar-refractivity contribution is 5.93. The number of carbonyl (C=O) groups excluding carboxylic acids is 1. The average Bonchev–Trinajstić information content (AvgIpc) is 3.39. The van der Waals surface area contributed by atoms with Crippen molar-refractivity contribution < 1.29 is 14.3 Å². The zero-order valence-electron chi connectivity index (χ0n) is 17.1. The molecule has 156 valence electrons. The third kappa shape index (κ3) is 3.97. The summed E-state index contributed by atoms with van der Waals surface area (Å²) in [4.78, 5) is 18.6. The monoisotopic (exact) mass is 400 g/mol. The molecule has 1 saturated carbocycles. The second-order valence-electron chi connectivity index (χ2n) is 7.85. The number of amides is 1. The summed E-state index contributed by atoms with van der Waals surface area (Å²) in [7, 11) is 5.05. The number of nitrogens with zero attached hydrogens (tertiary/aromatic N) is 5. The van der Waals surface area contributed by atoms with E-state index in [4.69, 9.17) is 9.47 Å². The number of fused-ring (bicyclic) bond motifs is 1. The Bertz CT molecular complexity index is 839. The van der Waals surface area contributed by atoms with E-state index in [1.54, 1.807) is 27.5 Å². The lowest BCUT2D eigenvalue weighted by Crippen LogP contribution is -2.37. The van der Waals surface area contributed by atoms with Gasteiger partial charge in [0, 0.05) is 40.6 Å². The first-order valence-electron chi connectivity index (χ1n) is 9.98. The van der Waals surface area contributed by atoms with Crippen molar-refractivity contribution in [3.05, 3.63) is 35.8 Å². The molecule has 0 radical (unpaired) electrons. The van der Waals surface area contributed by atoms with Crippen LogP contribution in [0.2, 0.25) is 0 Å². The van der Waals surface area contributed by atoms with E-state index in [0.717, 1.165) is 37.4 Å². The van der Waals surface area contributed by atoms with E-state index in [9.17, 15) is 4.79 Å². The third-order valence-electron chi connectivity index (χ3n) is 6.14. The van der Waals surface area contributed by atoms with E-state index < -0.39 is 0 Å². The molecule has 9 nitrogen and oxygen atoms in total. The van der Waals surface area contributed by atoms with Crippen LogP contribution in [-0.4, -0.2) is 66.3 Å². The summed E-state index contributed by atoms with van der Waals surface area (Å²) < 4.78 is 12.9. The number of ether oxygens (including phenoxy) is 2. The minimum absolute atomic E-state index is 0.108. The fraction of sp³-hybridized carbons (Fsp3) is 0.600. The normalized spacial score (nSPS) is 26.4. The van der Waals surface area contributed by atoms with Crippen molar-refractivity contribution >= 4 is 11.7 Å².